The minimum absolute atomic E-state index is 0.0277. The number of carboxylic acid groups (broad SMARTS) is 1. The first kappa shape index (κ1) is 11.9. The summed E-state index contributed by atoms with van der Waals surface area (Å²) in [6.07, 6.45) is 2.62. The highest BCUT2D eigenvalue weighted by Crippen LogP contribution is 2.27. The summed E-state index contributed by atoms with van der Waals surface area (Å²) in [4.78, 5) is 19.9. The van der Waals surface area contributed by atoms with Gasteiger partial charge in [0, 0.05) is 31.1 Å². The Kier molecular flexibility index (Phi) is 3.22. The third-order valence-corrected chi connectivity index (χ3v) is 4.68. The van der Waals surface area contributed by atoms with Crippen LogP contribution >= 0.6 is 11.3 Å². The molecule has 0 radical (unpaired) electrons. The van der Waals surface area contributed by atoms with E-state index in [0.717, 1.165) is 24.8 Å². The minimum atomic E-state index is -0.813. The van der Waals surface area contributed by atoms with Crippen molar-refractivity contribution in [1.82, 2.24) is 9.88 Å². The predicted molar refractivity (Wildman–Crippen MR) is 70.3 cm³/mol. The average molecular weight is 267 g/mol. The van der Waals surface area contributed by atoms with Crippen LogP contribution in [0.15, 0.2) is 5.38 Å². The monoisotopic (exact) mass is 267 g/mol. The van der Waals surface area contributed by atoms with E-state index in [2.05, 4.69) is 14.8 Å². The molecule has 3 rings (SSSR count). The summed E-state index contributed by atoms with van der Waals surface area (Å²) in [5.41, 5.74) is 0.677. The van der Waals surface area contributed by atoms with Gasteiger partial charge in [-0.3, -0.25) is 9.69 Å². The van der Waals surface area contributed by atoms with Gasteiger partial charge in [0.2, 0.25) is 0 Å². The van der Waals surface area contributed by atoms with Gasteiger partial charge >= 0.3 is 5.97 Å². The molecule has 2 aliphatic rings. The minimum Gasteiger partial charge on any atom is -0.481 e. The zero-order valence-electron chi connectivity index (χ0n) is 10.2. The number of nitrogens with zero attached hydrogens (tertiary/aromatic N) is 3. The molecule has 0 aromatic carbocycles. The molecule has 0 spiro atoms. The number of hydrogen-bond donors (Lipinski definition) is 1. The number of hydrogen-bond acceptors (Lipinski definition) is 5. The number of carboxylic acids is 1. The normalized spacial score (nSPS) is 24.2. The molecule has 18 heavy (non-hydrogen) atoms. The summed E-state index contributed by atoms with van der Waals surface area (Å²) in [6, 6.07) is 0.672. The molecule has 0 saturated carbocycles. The van der Waals surface area contributed by atoms with Gasteiger partial charge in [-0.2, -0.15) is 0 Å². The fourth-order valence-electron chi connectivity index (χ4n) is 2.84. The van der Waals surface area contributed by atoms with Crippen LogP contribution in [-0.4, -0.2) is 53.2 Å². The molecule has 1 atom stereocenters. The molecule has 0 bridgehead atoms. The Morgan fingerprint density at radius 1 is 1.50 bits per heavy atom. The van der Waals surface area contributed by atoms with Crippen molar-refractivity contribution in [2.24, 2.45) is 0 Å². The Labute approximate surface area is 110 Å². The third-order valence-electron chi connectivity index (χ3n) is 3.73. The largest absolute Gasteiger partial charge is 0.481 e. The molecule has 2 saturated heterocycles. The summed E-state index contributed by atoms with van der Waals surface area (Å²) < 4.78 is 0. The van der Waals surface area contributed by atoms with Gasteiger partial charge < -0.3 is 10.0 Å². The molecule has 1 unspecified atom stereocenters. The van der Waals surface area contributed by atoms with Crippen molar-refractivity contribution >= 4 is 22.4 Å². The second-order valence-corrected chi connectivity index (χ2v) is 5.81. The zero-order valence-corrected chi connectivity index (χ0v) is 11.0. The second-order valence-electron chi connectivity index (χ2n) is 4.97. The predicted octanol–water partition coefficient (Wildman–Crippen LogP) is 1.05. The number of aromatic nitrogens is 1. The van der Waals surface area contributed by atoms with Crippen LogP contribution < -0.4 is 4.90 Å². The van der Waals surface area contributed by atoms with Crippen LogP contribution in [0.2, 0.25) is 0 Å². The number of anilines is 1. The number of rotatable bonds is 3. The van der Waals surface area contributed by atoms with E-state index < -0.39 is 5.97 Å². The fraction of sp³-hybridized carbons (Fsp3) is 0.667. The number of aliphatic carboxylic acids is 1. The number of thiazole rings is 1. The first-order chi connectivity index (χ1) is 8.72. The van der Waals surface area contributed by atoms with Crippen molar-refractivity contribution in [2.75, 3.05) is 31.1 Å². The molecule has 5 nitrogen and oxygen atoms in total. The molecule has 2 fully saturated rings. The van der Waals surface area contributed by atoms with Crippen molar-refractivity contribution < 1.29 is 9.90 Å². The molecular formula is C12H17N3O2S. The van der Waals surface area contributed by atoms with Crippen LogP contribution in [0.4, 0.5) is 5.13 Å². The molecule has 6 heteroatoms. The van der Waals surface area contributed by atoms with Gasteiger partial charge in [0.25, 0.3) is 0 Å². The van der Waals surface area contributed by atoms with E-state index in [4.69, 9.17) is 5.11 Å². The molecular weight excluding hydrogens is 250 g/mol. The SMILES string of the molecule is O=C(O)Cc1csc(N2CCN3CCCC3C2)n1. The summed E-state index contributed by atoms with van der Waals surface area (Å²) in [5.74, 6) is -0.813. The average Bonchev–Trinajstić information content (AvgIpc) is 2.95. The molecule has 2 aliphatic heterocycles. The number of fused-ring (bicyclic) bond motifs is 1. The highest BCUT2D eigenvalue weighted by atomic mass is 32.1. The first-order valence-corrected chi connectivity index (χ1v) is 7.25. The van der Waals surface area contributed by atoms with Gasteiger partial charge in [0.05, 0.1) is 12.1 Å². The Morgan fingerprint density at radius 3 is 3.22 bits per heavy atom. The summed E-state index contributed by atoms with van der Waals surface area (Å²) in [7, 11) is 0. The lowest BCUT2D eigenvalue weighted by Gasteiger charge is -2.37. The first-order valence-electron chi connectivity index (χ1n) is 6.37. The van der Waals surface area contributed by atoms with Crippen molar-refractivity contribution in [3.05, 3.63) is 11.1 Å². The topological polar surface area (TPSA) is 56.7 Å². The van der Waals surface area contributed by atoms with E-state index in [0.29, 0.717) is 11.7 Å². The lowest BCUT2D eigenvalue weighted by Crippen LogP contribution is -2.50. The van der Waals surface area contributed by atoms with E-state index in [1.807, 2.05) is 5.38 Å². The zero-order chi connectivity index (χ0) is 12.5. The van der Waals surface area contributed by atoms with Crippen LogP contribution in [0.25, 0.3) is 0 Å². The Morgan fingerprint density at radius 2 is 2.39 bits per heavy atom. The fourth-order valence-corrected chi connectivity index (χ4v) is 3.70. The van der Waals surface area contributed by atoms with Gasteiger partial charge in [-0.05, 0) is 19.4 Å². The molecule has 0 aliphatic carbocycles. The Hall–Kier alpha value is -1.14. The van der Waals surface area contributed by atoms with Crippen LogP contribution in [0, 0.1) is 0 Å². The van der Waals surface area contributed by atoms with Crippen molar-refractivity contribution in [3.8, 4) is 0 Å². The van der Waals surface area contributed by atoms with Crippen molar-refractivity contribution in [2.45, 2.75) is 25.3 Å². The molecule has 1 aromatic heterocycles. The lowest BCUT2D eigenvalue weighted by atomic mass is 10.2. The second kappa shape index (κ2) is 4.85. The maximum atomic E-state index is 10.6. The van der Waals surface area contributed by atoms with E-state index in [1.165, 1.54) is 19.4 Å². The van der Waals surface area contributed by atoms with E-state index in [-0.39, 0.29) is 6.42 Å². The lowest BCUT2D eigenvalue weighted by molar-refractivity contribution is -0.136. The quantitative estimate of drug-likeness (QED) is 0.887. The third kappa shape index (κ3) is 2.35. The molecule has 3 heterocycles. The highest BCUT2D eigenvalue weighted by molar-refractivity contribution is 7.13. The van der Waals surface area contributed by atoms with Gasteiger partial charge in [0.1, 0.15) is 0 Å². The van der Waals surface area contributed by atoms with E-state index in [9.17, 15) is 4.79 Å². The van der Waals surface area contributed by atoms with Gasteiger partial charge in [-0.15, -0.1) is 11.3 Å². The van der Waals surface area contributed by atoms with Crippen molar-refractivity contribution in [1.29, 1.82) is 0 Å². The maximum Gasteiger partial charge on any atom is 0.309 e. The Bertz CT molecular complexity index is 448. The maximum absolute atomic E-state index is 10.6. The van der Waals surface area contributed by atoms with Crippen LogP contribution in [0.1, 0.15) is 18.5 Å². The molecule has 1 aromatic rings. The van der Waals surface area contributed by atoms with Gasteiger partial charge in [-0.25, -0.2) is 4.98 Å². The van der Waals surface area contributed by atoms with Crippen molar-refractivity contribution in [3.63, 3.8) is 0 Å². The summed E-state index contributed by atoms with van der Waals surface area (Å²) in [6.45, 7) is 4.40. The smallest absolute Gasteiger partial charge is 0.309 e. The Balaban J connectivity index is 1.67. The van der Waals surface area contributed by atoms with Crippen LogP contribution in [-0.2, 0) is 11.2 Å². The number of piperazine rings is 1. The van der Waals surface area contributed by atoms with Gasteiger partial charge in [-0.1, -0.05) is 0 Å². The summed E-state index contributed by atoms with van der Waals surface area (Å²) in [5, 5.41) is 11.6. The standard InChI is InChI=1S/C12H17N3O2S/c16-11(17)6-9-8-18-12(13-9)15-5-4-14-3-1-2-10(14)7-15/h8,10H,1-7H2,(H,16,17). The van der Waals surface area contributed by atoms with E-state index >= 15 is 0 Å². The highest BCUT2D eigenvalue weighted by Gasteiger charge is 2.31. The number of carbonyl (C=O) groups is 1. The van der Waals surface area contributed by atoms with Crippen LogP contribution in [0.3, 0.4) is 0 Å². The van der Waals surface area contributed by atoms with E-state index in [1.54, 1.807) is 11.3 Å². The van der Waals surface area contributed by atoms with Gasteiger partial charge in [0.15, 0.2) is 5.13 Å². The van der Waals surface area contributed by atoms with Crippen LogP contribution in [0.5, 0.6) is 0 Å². The molecule has 1 N–H and O–H groups in total. The molecule has 98 valence electrons. The summed E-state index contributed by atoms with van der Waals surface area (Å²) >= 11 is 1.57. The molecule has 0 amide bonds.